The molecule has 2 aromatic rings. The Bertz CT molecular complexity index is 899. The Morgan fingerprint density at radius 3 is 2.85 bits per heavy atom. The number of anilines is 1. The molecule has 0 fully saturated rings. The van der Waals surface area contributed by atoms with Gasteiger partial charge in [-0.15, -0.1) is 0 Å². The molecule has 142 valence electrons. The molecule has 1 aliphatic rings. The molecular weight excluding hydrogens is 421 g/mol. The first-order valence-electron chi connectivity index (χ1n) is 8.61. The number of unbranched alkanes of at least 4 members (excludes halogenated alkanes) is 1. The molecule has 2 unspecified atom stereocenters. The first-order valence-corrected chi connectivity index (χ1v) is 10.9. The summed E-state index contributed by atoms with van der Waals surface area (Å²) < 4.78 is 27.5. The van der Waals surface area contributed by atoms with E-state index in [2.05, 4.69) is 37.8 Å². The van der Waals surface area contributed by atoms with Crippen molar-refractivity contribution in [3.05, 3.63) is 22.5 Å². The van der Waals surface area contributed by atoms with Gasteiger partial charge in [-0.3, -0.25) is 9.09 Å². The number of nitrogens with two attached hydrogens (primary N) is 1. The second-order valence-corrected chi connectivity index (χ2v) is 9.17. The summed E-state index contributed by atoms with van der Waals surface area (Å²) in [4.78, 5) is 12.5. The van der Waals surface area contributed by atoms with Crippen LogP contribution in [-0.4, -0.2) is 31.7 Å². The van der Waals surface area contributed by atoms with Crippen molar-refractivity contribution in [2.24, 2.45) is 0 Å². The molecule has 3 heterocycles. The molecule has 0 bridgehead atoms. The zero-order valence-electron chi connectivity index (χ0n) is 15.1. The Hall–Kier alpha value is -1.28. The lowest BCUT2D eigenvalue weighted by Crippen LogP contribution is -2.30. The lowest BCUT2D eigenvalue weighted by molar-refractivity contribution is 0.102. The maximum atomic E-state index is 13.3. The SMILES string of the molecule is CCCCC1=C(Br)C(C)(Cn2cnc3c(N)ncnc32)OP1(=O)OCC. The van der Waals surface area contributed by atoms with Crippen LogP contribution < -0.4 is 5.73 Å². The number of hydrogen-bond acceptors (Lipinski definition) is 7. The third-order valence-corrected chi connectivity index (χ3v) is 8.31. The molecule has 0 radical (unpaired) electrons. The van der Waals surface area contributed by atoms with Crippen LogP contribution in [0.1, 0.15) is 40.0 Å². The minimum Gasteiger partial charge on any atom is -0.382 e. The van der Waals surface area contributed by atoms with Crippen LogP contribution in [0.5, 0.6) is 0 Å². The summed E-state index contributed by atoms with van der Waals surface area (Å²) in [5.41, 5.74) is 6.15. The van der Waals surface area contributed by atoms with Crippen molar-refractivity contribution in [1.29, 1.82) is 0 Å². The Balaban J connectivity index is 1.99. The smallest absolute Gasteiger partial charge is 0.359 e. The summed E-state index contributed by atoms with van der Waals surface area (Å²) in [5.74, 6) is 0.324. The molecule has 10 heteroatoms. The topological polar surface area (TPSA) is 105 Å². The van der Waals surface area contributed by atoms with Crippen LogP contribution in [0.25, 0.3) is 11.2 Å². The third kappa shape index (κ3) is 3.33. The van der Waals surface area contributed by atoms with Gasteiger partial charge in [0.15, 0.2) is 11.5 Å². The lowest BCUT2D eigenvalue weighted by atomic mass is 10.1. The predicted molar refractivity (Wildman–Crippen MR) is 104 cm³/mol. The van der Waals surface area contributed by atoms with E-state index < -0.39 is 13.2 Å². The number of nitrogens with zero attached hydrogens (tertiary/aromatic N) is 4. The van der Waals surface area contributed by atoms with Crippen LogP contribution in [0.2, 0.25) is 0 Å². The number of halogens is 1. The van der Waals surface area contributed by atoms with Crippen LogP contribution in [0.4, 0.5) is 5.82 Å². The number of fused-ring (bicyclic) bond motifs is 1. The van der Waals surface area contributed by atoms with E-state index in [1.54, 1.807) is 6.33 Å². The molecule has 8 nitrogen and oxygen atoms in total. The second kappa shape index (κ2) is 7.38. The molecule has 0 aliphatic carbocycles. The van der Waals surface area contributed by atoms with Crippen molar-refractivity contribution in [1.82, 2.24) is 19.5 Å². The second-order valence-electron chi connectivity index (χ2n) is 6.41. The Morgan fingerprint density at radius 2 is 2.15 bits per heavy atom. The van der Waals surface area contributed by atoms with Gasteiger partial charge < -0.3 is 14.8 Å². The Kier molecular flexibility index (Phi) is 5.53. The van der Waals surface area contributed by atoms with Crippen LogP contribution in [0.3, 0.4) is 0 Å². The summed E-state index contributed by atoms with van der Waals surface area (Å²) in [6, 6.07) is 0. The Labute approximate surface area is 160 Å². The zero-order chi connectivity index (χ0) is 18.9. The Morgan fingerprint density at radius 1 is 1.38 bits per heavy atom. The van der Waals surface area contributed by atoms with Gasteiger partial charge in [0.2, 0.25) is 0 Å². The molecule has 3 rings (SSSR count). The van der Waals surface area contributed by atoms with Gasteiger partial charge >= 0.3 is 7.60 Å². The van der Waals surface area contributed by atoms with Crippen molar-refractivity contribution in [3.8, 4) is 0 Å². The quantitative estimate of drug-likeness (QED) is 0.638. The van der Waals surface area contributed by atoms with Crippen molar-refractivity contribution in [3.63, 3.8) is 0 Å². The van der Waals surface area contributed by atoms with Gasteiger partial charge in [-0.2, -0.15) is 0 Å². The zero-order valence-corrected chi connectivity index (χ0v) is 17.6. The number of rotatable bonds is 7. The van der Waals surface area contributed by atoms with E-state index in [0.29, 0.717) is 36.6 Å². The fourth-order valence-electron chi connectivity index (χ4n) is 3.09. The molecule has 0 saturated carbocycles. The van der Waals surface area contributed by atoms with Gasteiger partial charge in [-0.25, -0.2) is 15.0 Å². The van der Waals surface area contributed by atoms with Crippen molar-refractivity contribution >= 4 is 40.5 Å². The number of hydrogen-bond donors (Lipinski definition) is 1. The average molecular weight is 444 g/mol. The van der Waals surface area contributed by atoms with E-state index in [0.717, 1.165) is 22.6 Å². The molecule has 26 heavy (non-hydrogen) atoms. The van der Waals surface area contributed by atoms with Gasteiger partial charge in [-0.1, -0.05) is 29.3 Å². The van der Waals surface area contributed by atoms with Gasteiger partial charge in [0, 0.05) is 4.48 Å². The maximum absolute atomic E-state index is 13.3. The van der Waals surface area contributed by atoms with E-state index in [9.17, 15) is 4.57 Å². The standard InChI is InChI=1S/C16H23BrN5O3P/c1-4-6-7-11-13(17)16(3,25-26(11,23)24-5-2)8-22-10-21-12-14(18)19-9-20-15(12)22/h9-10H,4-8H2,1-3H3,(H2,18,19,20). The van der Waals surface area contributed by atoms with Crippen molar-refractivity contribution in [2.45, 2.75) is 52.2 Å². The molecule has 2 aromatic heterocycles. The molecule has 1 aliphatic heterocycles. The summed E-state index contributed by atoms with van der Waals surface area (Å²) in [5, 5.41) is 0.724. The van der Waals surface area contributed by atoms with E-state index in [1.807, 2.05) is 18.4 Å². The number of imidazole rings is 1. The van der Waals surface area contributed by atoms with Crippen LogP contribution in [0.15, 0.2) is 22.5 Å². The summed E-state index contributed by atoms with van der Waals surface area (Å²) in [7, 11) is -3.33. The third-order valence-electron chi connectivity index (χ3n) is 4.34. The average Bonchev–Trinajstić information content (AvgIpc) is 3.06. The molecule has 0 saturated heterocycles. The number of nitrogen functional groups attached to an aromatic ring is 1. The monoisotopic (exact) mass is 443 g/mol. The highest BCUT2D eigenvalue weighted by molar-refractivity contribution is 9.11. The van der Waals surface area contributed by atoms with Crippen molar-refractivity contribution in [2.75, 3.05) is 12.3 Å². The highest BCUT2D eigenvalue weighted by Gasteiger charge is 2.50. The van der Waals surface area contributed by atoms with E-state index >= 15 is 0 Å². The van der Waals surface area contributed by atoms with E-state index in [-0.39, 0.29) is 0 Å². The van der Waals surface area contributed by atoms with Gasteiger partial charge in [0.25, 0.3) is 0 Å². The van der Waals surface area contributed by atoms with Crippen LogP contribution in [-0.2, 0) is 20.2 Å². The van der Waals surface area contributed by atoms with Gasteiger partial charge in [0.1, 0.15) is 17.4 Å². The highest BCUT2D eigenvalue weighted by atomic mass is 79.9. The predicted octanol–water partition coefficient (Wildman–Crippen LogP) is 4.22. The highest BCUT2D eigenvalue weighted by Crippen LogP contribution is 2.69. The summed E-state index contributed by atoms with van der Waals surface area (Å²) in [6.07, 6.45) is 5.62. The first-order chi connectivity index (χ1) is 12.3. The minimum absolute atomic E-state index is 0.320. The van der Waals surface area contributed by atoms with Gasteiger partial charge in [-0.05, 0) is 26.7 Å². The van der Waals surface area contributed by atoms with E-state index in [4.69, 9.17) is 14.8 Å². The maximum Gasteiger partial charge on any atom is 0.359 e. The molecule has 0 amide bonds. The van der Waals surface area contributed by atoms with Crippen LogP contribution in [0, 0.1) is 0 Å². The fourth-order valence-corrected chi connectivity index (χ4v) is 6.52. The first kappa shape index (κ1) is 19.5. The van der Waals surface area contributed by atoms with Crippen molar-refractivity contribution < 1.29 is 13.6 Å². The van der Waals surface area contributed by atoms with Gasteiger partial charge in [0.05, 0.1) is 24.8 Å². The summed E-state index contributed by atoms with van der Waals surface area (Å²) >= 11 is 3.64. The number of aromatic nitrogens is 4. The molecule has 0 spiro atoms. The minimum atomic E-state index is -3.33. The normalized spacial score (nSPS) is 26.2. The summed E-state index contributed by atoms with van der Waals surface area (Å²) in [6.45, 7) is 6.48. The fraction of sp³-hybridized carbons (Fsp3) is 0.562. The van der Waals surface area contributed by atoms with Crippen LogP contribution >= 0.6 is 23.5 Å². The molecule has 2 atom stereocenters. The largest absolute Gasteiger partial charge is 0.382 e. The molecular formula is C16H23BrN5O3P. The molecule has 2 N–H and O–H groups in total. The molecule has 0 aromatic carbocycles. The lowest BCUT2D eigenvalue weighted by Gasteiger charge is -2.26. The van der Waals surface area contributed by atoms with E-state index in [1.165, 1.54) is 6.33 Å². The number of allylic oxidation sites excluding steroid dienone is 1.